The second-order valence-corrected chi connectivity index (χ2v) is 7.42. The Morgan fingerprint density at radius 1 is 1.35 bits per heavy atom. The van der Waals surface area contributed by atoms with E-state index in [9.17, 15) is 4.79 Å². The molecule has 1 aliphatic heterocycles. The predicted molar refractivity (Wildman–Crippen MR) is 96.0 cm³/mol. The zero-order valence-electron chi connectivity index (χ0n) is 14.2. The standard InChI is InChI=1S/C18H24N2O2S/c1-12-9-20(10-15(12)19(2)3)18(21)17-14(11-23-4)13-7-5-6-8-16(13)22-17/h5-8,12,15H,9-11H2,1-4H3/t12-,15-/m1/s1. The predicted octanol–water partition coefficient (Wildman–Crippen LogP) is 3.32. The molecule has 0 radical (unpaired) electrons. The monoisotopic (exact) mass is 332 g/mol. The van der Waals surface area contributed by atoms with Crippen LogP contribution in [0.4, 0.5) is 0 Å². The van der Waals surface area contributed by atoms with Crippen molar-refractivity contribution in [3.63, 3.8) is 0 Å². The van der Waals surface area contributed by atoms with E-state index in [1.165, 1.54) is 0 Å². The normalized spacial score (nSPS) is 21.5. The van der Waals surface area contributed by atoms with Crippen molar-refractivity contribution < 1.29 is 9.21 Å². The first-order chi connectivity index (χ1) is 11.0. The first kappa shape index (κ1) is 16.4. The van der Waals surface area contributed by atoms with Gasteiger partial charge in [0.05, 0.1) is 0 Å². The Hall–Kier alpha value is -1.46. The number of amides is 1. The molecule has 0 bridgehead atoms. The Balaban J connectivity index is 1.94. The van der Waals surface area contributed by atoms with Gasteiger partial charge in [0.1, 0.15) is 5.58 Å². The van der Waals surface area contributed by atoms with Gasteiger partial charge in [-0.15, -0.1) is 0 Å². The molecule has 4 nitrogen and oxygen atoms in total. The molecule has 5 heteroatoms. The summed E-state index contributed by atoms with van der Waals surface area (Å²) in [6.07, 6.45) is 2.05. The van der Waals surface area contributed by atoms with E-state index in [2.05, 4.69) is 32.2 Å². The minimum absolute atomic E-state index is 0.0291. The molecular weight excluding hydrogens is 308 g/mol. The molecule has 3 rings (SSSR count). The number of thioether (sulfide) groups is 1. The van der Waals surface area contributed by atoms with Crippen LogP contribution in [0.25, 0.3) is 11.0 Å². The Morgan fingerprint density at radius 2 is 2.09 bits per heavy atom. The van der Waals surface area contributed by atoms with Crippen molar-refractivity contribution in [1.82, 2.24) is 9.80 Å². The van der Waals surface area contributed by atoms with Gasteiger partial charge in [0.2, 0.25) is 0 Å². The number of likely N-dealkylation sites (tertiary alicyclic amines) is 1. The van der Waals surface area contributed by atoms with E-state index in [-0.39, 0.29) is 5.91 Å². The number of nitrogens with zero attached hydrogens (tertiary/aromatic N) is 2. The van der Waals surface area contributed by atoms with Gasteiger partial charge in [0.25, 0.3) is 5.91 Å². The lowest BCUT2D eigenvalue weighted by Gasteiger charge is -2.22. The highest BCUT2D eigenvalue weighted by molar-refractivity contribution is 7.97. The van der Waals surface area contributed by atoms with Crippen LogP contribution in [0.15, 0.2) is 28.7 Å². The molecule has 1 saturated heterocycles. The van der Waals surface area contributed by atoms with Gasteiger partial charge in [-0.05, 0) is 32.3 Å². The summed E-state index contributed by atoms with van der Waals surface area (Å²) in [5, 5.41) is 1.06. The Labute approximate surface area is 141 Å². The van der Waals surface area contributed by atoms with E-state index in [4.69, 9.17) is 4.42 Å². The second-order valence-electron chi connectivity index (χ2n) is 6.56. The summed E-state index contributed by atoms with van der Waals surface area (Å²) in [6.45, 7) is 3.76. The minimum atomic E-state index is 0.0291. The zero-order chi connectivity index (χ0) is 16.6. The molecule has 2 atom stereocenters. The molecule has 1 aromatic heterocycles. The molecule has 0 saturated carbocycles. The maximum Gasteiger partial charge on any atom is 0.289 e. The number of carbonyl (C=O) groups is 1. The fourth-order valence-corrected chi connectivity index (χ4v) is 4.07. The van der Waals surface area contributed by atoms with Crippen LogP contribution in [0.1, 0.15) is 23.0 Å². The molecule has 1 aliphatic rings. The van der Waals surface area contributed by atoms with Gasteiger partial charge in [-0.2, -0.15) is 11.8 Å². The third-order valence-electron chi connectivity index (χ3n) is 4.70. The summed E-state index contributed by atoms with van der Waals surface area (Å²) < 4.78 is 5.94. The number of para-hydroxylation sites is 1. The van der Waals surface area contributed by atoms with Crippen molar-refractivity contribution in [1.29, 1.82) is 0 Å². The van der Waals surface area contributed by atoms with Crippen LogP contribution in [0.2, 0.25) is 0 Å². The maximum atomic E-state index is 13.0. The molecule has 2 aromatic rings. The van der Waals surface area contributed by atoms with Gasteiger partial charge >= 0.3 is 0 Å². The fourth-order valence-electron chi connectivity index (χ4n) is 3.49. The molecule has 0 N–H and O–H groups in total. The quantitative estimate of drug-likeness (QED) is 0.861. The van der Waals surface area contributed by atoms with Crippen molar-refractivity contribution in [3.05, 3.63) is 35.6 Å². The number of likely N-dealkylation sites (N-methyl/N-ethyl adjacent to an activating group) is 1. The topological polar surface area (TPSA) is 36.7 Å². The van der Waals surface area contributed by atoms with Gasteiger partial charge < -0.3 is 14.2 Å². The molecule has 1 amide bonds. The molecule has 1 aromatic carbocycles. The first-order valence-electron chi connectivity index (χ1n) is 7.98. The van der Waals surface area contributed by atoms with Crippen LogP contribution in [0, 0.1) is 5.92 Å². The number of hydrogen-bond donors (Lipinski definition) is 0. The van der Waals surface area contributed by atoms with Crippen LogP contribution < -0.4 is 0 Å². The summed E-state index contributed by atoms with van der Waals surface area (Å²) in [7, 11) is 4.16. The Kier molecular flexibility index (Phi) is 4.69. The molecular formula is C18H24N2O2S. The van der Waals surface area contributed by atoms with Gasteiger partial charge in [-0.1, -0.05) is 25.1 Å². The lowest BCUT2D eigenvalue weighted by Crippen LogP contribution is -2.35. The lowest BCUT2D eigenvalue weighted by atomic mass is 10.1. The van der Waals surface area contributed by atoms with Crippen LogP contribution in [-0.4, -0.2) is 55.2 Å². The number of hydrogen-bond acceptors (Lipinski definition) is 4. The number of furan rings is 1. The van der Waals surface area contributed by atoms with E-state index < -0.39 is 0 Å². The fraction of sp³-hybridized carbons (Fsp3) is 0.500. The van der Waals surface area contributed by atoms with Crippen molar-refractivity contribution in [2.45, 2.75) is 18.7 Å². The van der Waals surface area contributed by atoms with Crippen LogP contribution in [-0.2, 0) is 5.75 Å². The minimum Gasteiger partial charge on any atom is -0.451 e. The summed E-state index contributed by atoms with van der Waals surface area (Å²) in [5.74, 6) is 1.81. The second kappa shape index (κ2) is 6.57. The van der Waals surface area contributed by atoms with Crippen molar-refractivity contribution in [2.24, 2.45) is 5.92 Å². The molecule has 0 unspecified atom stereocenters. The number of benzene rings is 1. The van der Waals surface area contributed by atoms with Gasteiger partial charge in [0, 0.05) is 35.8 Å². The third kappa shape index (κ3) is 3.00. The maximum absolute atomic E-state index is 13.0. The average molecular weight is 332 g/mol. The largest absolute Gasteiger partial charge is 0.451 e. The Morgan fingerprint density at radius 3 is 2.74 bits per heavy atom. The smallest absolute Gasteiger partial charge is 0.289 e. The SMILES string of the molecule is CSCc1c(C(=O)N2C[C@@H](C)[C@H](N(C)C)C2)oc2ccccc12. The molecule has 124 valence electrons. The summed E-state index contributed by atoms with van der Waals surface area (Å²) in [4.78, 5) is 17.2. The van der Waals surface area contributed by atoms with Gasteiger partial charge in [-0.25, -0.2) is 0 Å². The number of fused-ring (bicyclic) bond motifs is 1. The third-order valence-corrected chi connectivity index (χ3v) is 5.28. The van der Waals surface area contributed by atoms with E-state index >= 15 is 0 Å². The summed E-state index contributed by atoms with van der Waals surface area (Å²) in [6, 6.07) is 8.33. The van der Waals surface area contributed by atoms with E-state index in [1.54, 1.807) is 11.8 Å². The Bertz CT molecular complexity index is 710. The number of carbonyl (C=O) groups excluding carboxylic acids is 1. The average Bonchev–Trinajstić information content (AvgIpc) is 3.09. The first-order valence-corrected chi connectivity index (χ1v) is 9.37. The van der Waals surface area contributed by atoms with Gasteiger partial charge in [-0.3, -0.25) is 4.79 Å². The lowest BCUT2D eigenvalue weighted by molar-refractivity contribution is 0.0751. The molecule has 0 aliphatic carbocycles. The molecule has 23 heavy (non-hydrogen) atoms. The highest BCUT2D eigenvalue weighted by Gasteiger charge is 2.36. The zero-order valence-corrected chi connectivity index (χ0v) is 15.0. The summed E-state index contributed by atoms with van der Waals surface area (Å²) >= 11 is 1.72. The summed E-state index contributed by atoms with van der Waals surface area (Å²) in [5.41, 5.74) is 1.83. The highest BCUT2D eigenvalue weighted by atomic mass is 32.2. The van der Waals surface area contributed by atoms with Crippen LogP contribution in [0.3, 0.4) is 0 Å². The van der Waals surface area contributed by atoms with Crippen LogP contribution in [0.5, 0.6) is 0 Å². The van der Waals surface area contributed by atoms with E-state index in [1.807, 2.05) is 29.2 Å². The van der Waals surface area contributed by atoms with E-state index in [0.29, 0.717) is 17.7 Å². The molecule has 1 fully saturated rings. The van der Waals surface area contributed by atoms with E-state index in [0.717, 1.165) is 35.4 Å². The molecule has 2 heterocycles. The number of rotatable bonds is 4. The molecule has 0 spiro atoms. The van der Waals surface area contributed by atoms with Gasteiger partial charge in [0.15, 0.2) is 5.76 Å². The van der Waals surface area contributed by atoms with Crippen molar-refractivity contribution in [2.75, 3.05) is 33.4 Å². The van der Waals surface area contributed by atoms with Crippen molar-refractivity contribution in [3.8, 4) is 0 Å². The highest BCUT2D eigenvalue weighted by Crippen LogP contribution is 2.31. The van der Waals surface area contributed by atoms with Crippen molar-refractivity contribution >= 4 is 28.6 Å². The van der Waals surface area contributed by atoms with Crippen LogP contribution >= 0.6 is 11.8 Å².